The molecule has 0 spiro atoms. The van der Waals surface area contributed by atoms with E-state index in [1.54, 1.807) is 7.11 Å². The van der Waals surface area contributed by atoms with Crippen molar-refractivity contribution in [1.29, 1.82) is 0 Å². The molecule has 1 aromatic carbocycles. The number of benzene rings is 1. The van der Waals surface area contributed by atoms with Crippen LogP contribution in [0.2, 0.25) is 0 Å². The second-order valence-corrected chi connectivity index (χ2v) is 5.22. The zero-order chi connectivity index (χ0) is 13.7. The summed E-state index contributed by atoms with van der Waals surface area (Å²) in [7, 11) is 1.64. The lowest BCUT2D eigenvalue weighted by Crippen LogP contribution is -2.30. The van der Waals surface area contributed by atoms with Crippen molar-refractivity contribution in [3.8, 4) is 11.5 Å². The Bertz CT molecular complexity index is 381. The summed E-state index contributed by atoms with van der Waals surface area (Å²) >= 11 is 0. The smallest absolute Gasteiger partial charge is 0.167 e. The van der Waals surface area contributed by atoms with Crippen molar-refractivity contribution in [1.82, 2.24) is 0 Å². The molecule has 1 fully saturated rings. The van der Waals surface area contributed by atoms with Crippen LogP contribution in [0.15, 0.2) is 18.2 Å². The normalized spacial score (nSPS) is 23.1. The average Bonchev–Trinajstić information content (AvgIpc) is 2.48. The molecule has 3 heteroatoms. The number of aliphatic hydroxyl groups is 1. The monoisotopic (exact) mass is 264 g/mol. The molecule has 0 bridgehead atoms. The summed E-state index contributed by atoms with van der Waals surface area (Å²) in [5.41, 5.74) is 0.805. The highest BCUT2D eigenvalue weighted by atomic mass is 16.5. The van der Waals surface area contributed by atoms with Crippen molar-refractivity contribution < 1.29 is 14.6 Å². The molecule has 0 aromatic heterocycles. The first-order chi connectivity index (χ1) is 9.30. The van der Waals surface area contributed by atoms with Crippen LogP contribution in [-0.2, 0) is 6.61 Å². The van der Waals surface area contributed by atoms with Gasteiger partial charge in [0.2, 0.25) is 0 Å². The molecular formula is C16H24O3. The molecule has 2 rings (SSSR count). The van der Waals surface area contributed by atoms with Gasteiger partial charge in [-0.2, -0.15) is 0 Å². The van der Waals surface area contributed by atoms with Crippen LogP contribution in [0.5, 0.6) is 11.5 Å². The molecule has 0 radical (unpaired) electrons. The van der Waals surface area contributed by atoms with Crippen LogP contribution >= 0.6 is 0 Å². The Morgan fingerprint density at radius 2 is 2.05 bits per heavy atom. The van der Waals surface area contributed by atoms with E-state index in [-0.39, 0.29) is 12.7 Å². The Hall–Kier alpha value is -1.22. The summed E-state index contributed by atoms with van der Waals surface area (Å²) in [4.78, 5) is 0. The van der Waals surface area contributed by atoms with Crippen LogP contribution in [0.1, 0.15) is 44.6 Å². The topological polar surface area (TPSA) is 38.7 Å². The number of rotatable bonds is 5. The van der Waals surface area contributed by atoms with Crippen LogP contribution < -0.4 is 9.47 Å². The van der Waals surface area contributed by atoms with E-state index in [4.69, 9.17) is 9.47 Å². The van der Waals surface area contributed by atoms with Crippen LogP contribution in [0.4, 0.5) is 0 Å². The minimum atomic E-state index is -0.0178. The van der Waals surface area contributed by atoms with E-state index in [0.717, 1.165) is 24.2 Å². The van der Waals surface area contributed by atoms with E-state index in [2.05, 4.69) is 6.92 Å². The number of para-hydroxylation sites is 1. The van der Waals surface area contributed by atoms with Crippen molar-refractivity contribution >= 4 is 0 Å². The molecule has 0 saturated heterocycles. The van der Waals surface area contributed by atoms with Crippen LogP contribution in [0.3, 0.4) is 0 Å². The van der Waals surface area contributed by atoms with Gasteiger partial charge < -0.3 is 14.6 Å². The molecule has 1 aliphatic rings. The minimum Gasteiger partial charge on any atom is -0.493 e. The zero-order valence-electron chi connectivity index (χ0n) is 11.9. The number of hydrogen-bond acceptors (Lipinski definition) is 3. The largest absolute Gasteiger partial charge is 0.493 e. The Labute approximate surface area is 115 Å². The quantitative estimate of drug-likeness (QED) is 0.884. The molecule has 1 saturated carbocycles. The maximum atomic E-state index is 9.46. The average molecular weight is 264 g/mol. The summed E-state index contributed by atoms with van der Waals surface area (Å²) in [6.45, 7) is 2.21. The highest BCUT2D eigenvalue weighted by molar-refractivity contribution is 5.46. The van der Waals surface area contributed by atoms with Gasteiger partial charge >= 0.3 is 0 Å². The van der Waals surface area contributed by atoms with Gasteiger partial charge in [-0.25, -0.2) is 0 Å². The number of ether oxygens (including phenoxy) is 2. The van der Waals surface area contributed by atoms with Crippen molar-refractivity contribution in [3.63, 3.8) is 0 Å². The van der Waals surface area contributed by atoms with E-state index < -0.39 is 0 Å². The molecular weight excluding hydrogens is 240 g/mol. The van der Waals surface area contributed by atoms with Crippen molar-refractivity contribution in [2.75, 3.05) is 7.11 Å². The van der Waals surface area contributed by atoms with Gasteiger partial charge in [-0.3, -0.25) is 0 Å². The van der Waals surface area contributed by atoms with Crippen molar-refractivity contribution in [2.24, 2.45) is 5.92 Å². The highest BCUT2D eigenvalue weighted by Gasteiger charge is 2.27. The predicted octanol–water partition coefficient (Wildman–Crippen LogP) is 3.54. The molecule has 0 amide bonds. The van der Waals surface area contributed by atoms with Gasteiger partial charge in [0, 0.05) is 5.56 Å². The third kappa shape index (κ3) is 3.21. The minimum absolute atomic E-state index is 0.0178. The third-order valence-corrected chi connectivity index (χ3v) is 4.08. The Balaban J connectivity index is 2.21. The van der Waals surface area contributed by atoms with Crippen molar-refractivity contribution in [3.05, 3.63) is 23.8 Å². The van der Waals surface area contributed by atoms with Gasteiger partial charge in [0.05, 0.1) is 13.7 Å². The van der Waals surface area contributed by atoms with Gasteiger partial charge in [0.25, 0.3) is 0 Å². The Morgan fingerprint density at radius 1 is 1.26 bits per heavy atom. The lowest BCUT2D eigenvalue weighted by Gasteiger charge is -2.32. The predicted molar refractivity (Wildman–Crippen MR) is 75.6 cm³/mol. The molecule has 1 N–H and O–H groups in total. The summed E-state index contributed by atoms with van der Waals surface area (Å²) in [5.74, 6) is 2.05. The van der Waals surface area contributed by atoms with E-state index in [1.165, 1.54) is 19.3 Å². The molecule has 0 heterocycles. The van der Waals surface area contributed by atoms with E-state index in [1.807, 2.05) is 18.2 Å². The summed E-state index contributed by atoms with van der Waals surface area (Å²) in [6.07, 6.45) is 6.27. The molecule has 19 heavy (non-hydrogen) atoms. The third-order valence-electron chi connectivity index (χ3n) is 4.08. The highest BCUT2D eigenvalue weighted by Crippen LogP contribution is 2.36. The van der Waals surface area contributed by atoms with Gasteiger partial charge in [-0.05, 0) is 37.7 Å². The molecule has 106 valence electrons. The van der Waals surface area contributed by atoms with Crippen LogP contribution in [0.25, 0.3) is 0 Å². The second-order valence-electron chi connectivity index (χ2n) is 5.22. The maximum absolute atomic E-state index is 9.46. The van der Waals surface area contributed by atoms with Crippen LogP contribution in [0, 0.1) is 5.92 Å². The molecule has 3 nitrogen and oxygen atoms in total. The lowest BCUT2D eigenvalue weighted by atomic mass is 9.84. The summed E-state index contributed by atoms with van der Waals surface area (Å²) < 4.78 is 11.6. The zero-order valence-corrected chi connectivity index (χ0v) is 11.9. The fourth-order valence-electron chi connectivity index (χ4n) is 2.93. The summed E-state index contributed by atoms with van der Waals surface area (Å²) in [5, 5.41) is 9.46. The standard InChI is InChI=1S/C16H24O3/c1-3-12-7-4-5-9-14(12)19-16-13(11-17)8-6-10-15(16)18-2/h6,8,10,12,14,17H,3-5,7,9,11H2,1-2H3. The van der Waals surface area contributed by atoms with Gasteiger partial charge in [0.15, 0.2) is 11.5 Å². The van der Waals surface area contributed by atoms with Gasteiger partial charge in [-0.1, -0.05) is 25.5 Å². The lowest BCUT2D eigenvalue weighted by molar-refractivity contribution is 0.0846. The van der Waals surface area contributed by atoms with E-state index in [9.17, 15) is 5.11 Å². The number of aliphatic hydroxyl groups excluding tert-OH is 1. The van der Waals surface area contributed by atoms with Gasteiger partial charge in [0.1, 0.15) is 6.10 Å². The first-order valence-corrected chi connectivity index (χ1v) is 7.23. The van der Waals surface area contributed by atoms with Crippen molar-refractivity contribution in [2.45, 2.75) is 51.7 Å². The molecule has 2 atom stereocenters. The first kappa shape index (κ1) is 14.2. The Morgan fingerprint density at radius 3 is 2.74 bits per heavy atom. The Kier molecular flexibility index (Phi) is 5.08. The fraction of sp³-hybridized carbons (Fsp3) is 0.625. The second kappa shape index (κ2) is 6.80. The van der Waals surface area contributed by atoms with E-state index >= 15 is 0 Å². The van der Waals surface area contributed by atoms with Gasteiger partial charge in [-0.15, -0.1) is 0 Å². The molecule has 2 unspecified atom stereocenters. The molecule has 1 aliphatic carbocycles. The number of hydrogen-bond donors (Lipinski definition) is 1. The number of methoxy groups -OCH3 is 1. The van der Waals surface area contributed by atoms with Crippen LogP contribution in [-0.4, -0.2) is 18.3 Å². The first-order valence-electron chi connectivity index (χ1n) is 7.23. The molecule has 1 aromatic rings. The maximum Gasteiger partial charge on any atom is 0.167 e. The van der Waals surface area contributed by atoms with E-state index in [0.29, 0.717) is 11.7 Å². The SMILES string of the molecule is CCC1CCCCC1Oc1c(CO)cccc1OC. The fourth-order valence-corrected chi connectivity index (χ4v) is 2.93. The summed E-state index contributed by atoms with van der Waals surface area (Å²) in [6, 6.07) is 5.66. The molecule has 0 aliphatic heterocycles.